The highest BCUT2D eigenvalue weighted by molar-refractivity contribution is 5.88. The van der Waals surface area contributed by atoms with Crippen LogP contribution in [0.3, 0.4) is 0 Å². The maximum atomic E-state index is 12.1. The summed E-state index contributed by atoms with van der Waals surface area (Å²) in [7, 11) is 0. The molecule has 0 aliphatic rings. The van der Waals surface area contributed by atoms with Crippen molar-refractivity contribution < 1.29 is 14.3 Å². The summed E-state index contributed by atoms with van der Waals surface area (Å²) in [4.78, 5) is 12.1. The summed E-state index contributed by atoms with van der Waals surface area (Å²) in [5.41, 5.74) is 1.66. The predicted molar refractivity (Wildman–Crippen MR) is 89.1 cm³/mol. The lowest BCUT2D eigenvalue weighted by atomic mass is 10.1. The van der Waals surface area contributed by atoms with Crippen LogP contribution in [0, 0.1) is 0 Å². The maximum absolute atomic E-state index is 12.1. The van der Waals surface area contributed by atoms with E-state index in [4.69, 9.17) is 9.47 Å². The molecule has 0 aliphatic carbocycles. The molecule has 0 fully saturated rings. The molecule has 0 amide bonds. The van der Waals surface area contributed by atoms with Crippen LogP contribution in [0.15, 0.2) is 66.5 Å². The van der Waals surface area contributed by atoms with Gasteiger partial charge in [-0.2, -0.15) is 0 Å². The predicted octanol–water partition coefficient (Wildman–Crippen LogP) is 4.56. The zero-order chi connectivity index (χ0) is 16.2. The van der Waals surface area contributed by atoms with E-state index >= 15 is 0 Å². The molecule has 1 aromatic carbocycles. The van der Waals surface area contributed by atoms with Gasteiger partial charge in [-0.15, -0.1) is 0 Å². The molecule has 0 saturated carbocycles. The van der Waals surface area contributed by atoms with Gasteiger partial charge in [-0.25, -0.2) is 4.79 Å². The Hall–Kier alpha value is -2.29. The van der Waals surface area contributed by atoms with Crippen molar-refractivity contribution >= 4 is 5.97 Å². The third-order valence-electron chi connectivity index (χ3n) is 3.08. The van der Waals surface area contributed by atoms with Crippen LogP contribution in [-0.4, -0.2) is 12.6 Å². The number of carbonyl (C=O) groups excluding carboxylic acids is 1. The lowest BCUT2D eigenvalue weighted by Crippen LogP contribution is -2.11. The zero-order valence-electron chi connectivity index (χ0n) is 13.4. The molecule has 0 heterocycles. The van der Waals surface area contributed by atoms with Crippen molar-refractivity contribution in [1.82, 2.24) is 0 Å². The van der Waals surface area contributed by atoms with E-state index in [9.17, 15) is 4.79 Å². The molecule has 0 saturated heterocycles. The number of benzene rings is 1. The van der Waals surface area contributed by atoms with Crippen molar-refractivity contribution in [3.05, 3.63) is 72.0 Å². The minimum atomic E-state index is -0.305. The van der Waals surface area contributed by atoms with Gasteiger partial charge in [0.2, 0.25) is 0 Å². The molecule has 0 aliphatic heterocycles. The van der Waals surface area contributed by atoms with E-state index in [-0.39, 0.29) is 5.97 Å². The molecule has 0 unspecified atom stereocenters. The maximum Gasteiger partial charge on any atom is 0.337 e. The van der Waals surface area contributed by atoms with Gasteiger partial charge in [0.15, 0.2) is 0 Å². The second-order valence-corrected chi connectivity index (χ2v) is 4.73. The van der Waals surface area contributed by atoms with Gasteiger partial charge in [-0.3, -0.25) is 0 Å². The summed E-state index contributed by atoms with van der Waals surface area (Å²) in [5, 5.41) is 0. The normalized spacial score (nSPS) is 11.9. The summed E-state index contributed by atoms with van der Waals surface area (Å²) in [6.07, 6.45) is 6.88. The van der Waals surface area contributed by atoms with Gasteiger partial charge in [0.05, 0.1) is 12.2 Å². The van der Waals surface area contributed by atoms with Crippen molar-refractivity contribution in [3.63, 3.8) is 0 Å². The van der Waals surface area contributed by atoms with Crippen LogP contribution in [0.4, 0.5) is 0 Å². The third-order valence-corrected chi connectivity index (χ3v) is 3.08. The van der Waals surface area contributed by atoms with E-state index in [1.165, 1.54) is 0 Å². The van der Waals surface area contributed by atoms with Gasteiger partial charge in [-0.05, 0) is 32.3 Å². The van der Waals surface area contributed by atoms with E-state index < -0.39 is 0 Å². The second kappa shape index (κ2) is 10.4. The molecule has 1 rings (SSSR count). The Kier molecular flexibility index (Phi) is 8.43. The quantitative estimate of drug-likeness (QED) is 0.290. The van der Waals surface area contributed by atoms with E-state index in [0.717, 1.165) is 12.0 Å². The molecule has 1 aromatic rings. The van der Waals surface area contributed by atoms with Crippen molar-refractivity contribution in [2.24, 2.45) is 0 Å². The van der Waals surface area contributed by atoms with Gasteiger partial charge in [0.1, 0.15) is 12.4 Å². The minimum absolute atomic E-state index is 0.305. The molecular formula is C19H24O3. The molecule has 0 atom stereocenters. The van der Waals surface area contributed by atoms with E-state index in [0.29, 0.717) is 31.0 Å². The fraction of sp³-hybridized carbons (Fsp3) is 0.316. The number of rotatable bonds is 9. The highest BCUT2D eigenvalue weighted by atomic mass is 16.5. The summed E-state index contributed by atoms with van der Waals surface area (Å²) in [6.45, 7) is 8.04. The molecule has 0 spiro atoms. The number of hydrogen-bond acceptors (Lipinski definition) is 3. The van der Waals surface area contributed by atoms with Crippen LogP contribution in [0.5, 0.6) is 0 Å². The molecular weight excluding hydrogens is 276 g/mol. The van der Waals surface area contributed by atoms with Gasteiger partial charge < -0.3 is 9.47 Å². The van der Waals surface area contributed by atoms with Crippen molar-refractivity contribution in [3.8, 4) is 0 Å². The Morgan fingerprint density at radius 1 is 1.23 bits per heavy atom. The van der Waals surface area contributed by atoms with E-state index in [2.05, 4.69) is 6.58 Å². The molecule has 118 valence electrons. The Morgan fingerprint density at radius 3 is 2.59 bits per heavy atom. The number of ether oxygens (including phenoxy) is 2. The zero-order valence-corrected chi connectivity index (χ0v) is 13.4. The summed E-state index contributed by atoms with van der Waals surface area (Å²) >= 11 is 0. The first-order valence-electron chi connectivity index (χ1n) is 7.50. The largest absolute Gasteiger partial charge is 0.493 e. The first kappa shape index (κ1) is 17.8. The first-order chi connectivity index (χ1) is 10.7. The molecule has 0 radical (unpaired) electrons. The van der Waals surface area contributed by atoms with Gasteiger partial charge >= 0.3 is 5.97 Å². The van der Waals surface area contributed by atoms with Crippen LogP contribution in [-0.2, 0) is 20.9 Å². The monoisotopic (exact) mass is 300 g/mol. The molecule has 3 nitrogen and oxygen atoms in total. The van der Waals surface area contributed by atoms with Crippen LogP contribution in [0.2, 0.25) is 0 Å². The Bertz CT molecular complexity index is 527. The van der Waals surface area contributed by atoms with Crippen molar-refractivity contribution in [2.45, 2.75) is 33.3 Å². The van der Waals surface area contributed by atoms with Gasteiger partial charge in [-0.1, -0.05) is 55.1 Å². The highest BCUT2D eigenvalue weighted by Crippen LogP contribution is 2.17. The Morgan fingerprint density at radius 2 is 1.95 bits per heavy atom. The lowest BCUT2D eigenvalue weighted by molar-refractivity contribution is -0.139. The number of carbonyl (C=O) groups is 1. The van der Waals surface area contributed by atoms with E-state index in [1.54, 1.807) is 13.0 Å². The van der Waals surface area contributed by atoms with Crippen molar-refractivity contribution in [1.29, 1.82) is 0 Å². The fourth-order valence-corrected chi connectivity index (χ4v) is 1.91. The molecule has 0 aromatic heterocycles. The third kappa shape index (κ3) is 6.44. The average Bonchev–Trinajstić information content (AvgIpc) is 2.54. The number of esters is 1. The van der Waals surface area contributed by atoms with Crippen LogP contribution >= 0.6 is 0 Å². The first-order valence-corrected chi connectivity index (χ1v) is 7.50. The standard InChI is InChI=1S/C19H24O3/c1-4-6-7-11-14-18(19(20)21-5-2)16(3)22-15-17-12-9-8-10-13-17/h4,6-10,12-13H,1,5,11,14-15H2,2-3H3. The lowest BCUT2D eigenvalue weighted by Gasteiger charge is -2.12. The Labute approximate surface area is 132 Å². The number of hydrogen-bond donors (Lipinski definition) is 0. The topological polar surface area (TPSA) is 35.5 Å². The smallest absolute Gasteiger partial charge is 0.337 e. The Balaban J connectivity index is 2.74. The fourth-order valence-electron chi connectivity index (χ4n) is 1.91. The molecule has 0 bridgehead atoms. The van der Waals surface area contributed by atoms with Crippen LogP contribution < -0.4 is 0 Å². The molecule has 3 heteroatoms. The molecule has 22 heavy (non-hydrogen) atoms. The summed E-state index contributed by atoms with van der Waals surface area (Å²) < 4.78 is 10.9. The second-order valence-electron chi connectivity index (χ2n) is 4.73. The number of allylic oxidation sites excluding steroid dienone is 4. The van der Waals surface area contributed by atoms with E-state index in [1.807, 2.05) is 49.4 Å². The van der Waals surface area contributed by atoms with Crippen molar-refractivity contribution in [2.75, 3.05) is 6.61 Å². The minimum Gasteiger partial charge on any atom is -0.493 e. The summed E-state index contributed by atoms with van der Waals surface area (Å²) in [5.74, 6) is 0.314. The highest BCUT2D eigenvalue weighted by Gasteiger charge is 2.14. The molecule has 0 N–H and O–H groups in total. The van der Waals surface area contributed by atoms with Gasteiger partial charge in [0, 0.05) is 0 Å². The van der Waals surface area contributed by atoms with Gasteiger partial charge in [0.25, 0.3) is 0 Å². The SMILES string of the molecule is C=CC=CCCC(C(=O)OCC)=C(C)OCc1ccccc1. The summed E-state index contributed by atoms with van der Waals surface area (Å²) in [6, 6.07) is 9.87. The van der Waals surface area contributed by atoms with Crippen LogP contribution in [0.1, 0.15) is 32.3 Å². The van der Waals surface area contributed by atoms with Crippen LogP contribution in [0.25, 0.3) is 0 Å². The average molecular weight is 300 g/mol.